The van der Waals surface area contributed by atoms with E-state index in [9.17, 15) is 0 Å². The Labute approximate surface area is 175 Å². The van der Waals surface area contributed by atoms with Gasteiger partial charge in [-0.1, -0.05) is 0 Å². The van der Waals surface area contributed by atoms with Crippen molar-refractivity contribution in [2.24, 2.45) is 0 Å². The summed E-state index contributed by atoms with van der Waals surface area (Å²) in [7, 11) is 4.38. The predicted molar refractivity (Wildman–Crippen MR) is 108 cm³/mol. The Bertz CT molecular complexity index is 632. The smallest absolute Gasteiger partial charge is 0.147 e. The summed E-state index contributed by atoms with van der Waals surface area (Å²) in [6.45, 7) is 1.18. The molecule has 3 rings (SSSR count). The number of rotatable bonds is 5. The van der Waals surface area contributed by atoms with Crippen LogP contribution >= 0.6 is 37.2 Å². The molecule has 0 amide bonds. The molecule has 0 saturated heterocycles. The first-order valence-corrected chi connectivity index (χ1v) is 11.6. The molecule has 0 saturated carbocycles. The molecule has 0 aromatic heterocycles. The normalized spacial score (nSPS) is 15.5. The van der Waals surface area contributed by atoms with E-state index in [1.807, 2.05) is 0 Å². The Kier molecular flexibility index (Phi) is 11.4. The molecule has 1 aliphatic carbocycles. The number of likely N-dealkylation sites (N-methyl/N-ethyl adjacent to an activating group) is 1. The van der Waals surface area contributed by atoms with Crippen molar-refractivity contribution in [1.82, 2.24) is 4.90 Å². The van der Waals surface area contributed by atoms with Gasteiger partial charge in [-0.3, -0.25) is 0 Å². The van der Waals surface area contributed by atoms with Crippen LogP contribution < -0.4 is 0 Å². The summed E-state index contributed by atoms with van der Waals surface area (Å²) in [5.74, 6) is 0. The van der Waals surface area contributed by atoms with Gasteiger partial charge in [-0.25, -0.2) is 0 Å². The van der Waals surface area contributed by atoms with Crippen LogP contribution in [0.4, 0.5) is 0 Å². The molecule has 2 unspecified atom stereocenters. The van der Waals surface area contributed by atoms with Crippen LogP contribution in [-0.2, 0) is 22.9 Å². The third-order valence-electron chi connectivity index (χ3n) is 3.93. The van der Waals surface area contributed by atoms with E-state index in [4.69, 9.17) is 0 Å². The van der Waals surface area contributed by atoms with Crippen molar-refractivity contribution in [3.05, 3.63) is 77.4 Å². The van der Waals surface area contributed by atoms with Crippen molar-refractivity contribution in [3.8, 4) is 0 Å². The molecule has 1 aliphatic rings. The number of halogens is 3. The van der Waals surface area contributed by atoms with Crippen molar-refractivity contribution in [1.29, 1.82) is 0 Å². The Morgan fingerprint density at radius 1 is 0.917 bits per heavy atom. The molecule has 0 aliphatic heterocycles. The zero-order chi connectivity index (χ0) is 14.7. The van der Waals surface area contributed by atoms with Crippen LogP contribution in [0.3, 0.4) is 0 Å². The summed E-state index contributed by atoms with van der Waals surface area (Å²) >= 11 is -0.858. The van der Waals surface area contributed by atoms with Crippen LogP contribution in [0.1, 0.15) is 24.0 Å². The van der Waals surface area contributed by atoms with E-state index in [-0.39, 0.29) is 37.2 Å². The van der Waals surface area contributed by atoms with E-state index >= 15 is 0 Å². The van der Waals surface area contributed by atoms with E-state index in [0.717, 1.165) is 7.35 Å². The molecule has 0 radical (unpaired) electrons. The summed E-state index contributed by atoms with van der Waals surface area (Å²) in [6, 6.07) is 20.0. The van der Waals surface area contributed by atoms with Gasteiger partial charge in [0, 0.05) is 0 Å². The van der Waals surface area contributed by atoms with Crippen molar-refractivity contribution in [3.63, 3.8) is 0 Å². The molecule has 24 heavy (non-hydrogen) atoms. The SMILES string of the molecule is CN(C)C[CH]([Hf][CH]1C=Cc2ccccc21)c1ccccc1.Cl.Cl.Cl. The second-order valence-corrected chi connectivity index (χ2v) is 11.8. The largest absolute Gasteiger partial charge is 0.147 e. The van der Waals surface area contributed by atoms with E-state index in [1.165, 1.54) is 17.7 Å². The number of fused-ring (bicyclic) bond motifs is 1. The zero-order valence-electron chi connectivity index (χ0n) is 13.9. The Hall–Kier alpha value is -0.120. The van der Waals surface area contributed by atoms with Crippen molar-refractivity contribution in [2.75, 3.05) is 20.6 Å². The standard InChI is InChI=1S/C10H14N.C9H7.3ClH.Hf/c1-11(2)9-8-10-6-4-3-5-7-10;1-2-5-9-7-3-6-8(9)4-1;;;;/h3-8H,9H2,1-2H3;1-7H;3*1H;. The first-order valence-electron chi connectivity index (χ1n) is 7.47. The van der Waals surface area contributed by atoms with E-state index in [2.05, 4.69) is 85.7 Å². The molecular weight excluding hydrogens is 527 g/mol. The Morgan fingerprint density at radius 2 is 1.54 bits per heavy atom. The van der Waals surface area contributed by atoms with Gasteiger partial charge in [-0.15, -0.1) is 37.2 Å². The van der Waals surface area contributed by atoms with Gasteiger partial charge in [0.1, 0.15) is 0 Å². The van der Waals surface area contributed by atoms with Gasteiger partial charge in [-0.2, -0.15) is 0 Å². The zero-order valence-corrected chi connectivity index (χ0v) is 19.9. The summed E-state index contributed by atoms with van der Waals surface area (Å²) in [5, 5.41) is 0. The van der Waals surface area contributed by atoms with Gasteiger partial charge in [0.15, 0.2) is 0 Å². The molecule has 0 N–H and O–H groups in total. The van der Waals surface area contributed by atoms with Gasteiger partial charge >= 0.3 is 139 Å². The average molecular weight is 551 g/mol. The number of benzene rings is 2. The molecule has 2 aromatic rings. The minimum atomic E-state index is -0.858. The number of hydrogen-bond acceptors (Lipinski definition) is 1. The second kappa shape index (κ2) is 11.5. The Balaban J connectivity index is 0.00000176. The van der Waals surface area contributed by atoms with Crippen LogP contribution in [0.2, 0.25) is 0 Å². The molecule has 0 heterocycles. The molecule has 0 bridgehead atoms. The molecule has 130 valence electrons. The van der Waals surface area contributed by atoms with E-state index < -0.39 is 22.9 Å². The van der Waals surface area contributed by atoms with Crippen LogP contribution in [0, 0.1) is 0 Å². The monoisotopic (exact) mass is 551 g/mol. The topological polar surface area (TPSA) is 3.24 Å². The fraction of sp³-hybridized carbons (Fsp3) is 0.263. The van der Waals surface area contributed by atoms with Gasteiger partial charge in [0.25, 0.3) is 0 Å². The third-order valence-corrected chi connectivity index (χ3v) is 10.3. The first-order chi connectivity index (χ1) is 10.2. The number of hydrogen-bond donors (Lipinski definition) is 0. The van der Waals surface area contributed by atoms with Crippen LogP contribution in [0.15, 0.2) is 60.7 Å². The van der Waals surface area contributed by atoms with Crippen molar-refractivity contribution >= 4 is 43.3 Å². The third kappa shape index (κ3) is 6.00. The molecule has 2 atom stereocenters. The summed E-state index contributed by atoms with van der Waals surface area (Å²) in [6.07, 6.45) is 4.78. The first kappa shape index (κ1) is 23.9. The molecule has 2 aromatic carbocycles. The number of allylic oxidation sites excluding steroid dienone is 1. The van der Waals surface area contributed by atoms with Crippen molar-refractivity contribution < 1.29 is 22.9 Å². The van der Waals surface area contributed by atoms with E-state index in [1.54, 1.807) is 5.56 Å². The fourth-order valence-electron chi connectivity index (χ4n) is 2.92. The Morgan fingerprint density at radius 3 is 2.21 bits per heavy atom. The minimum absolute atomic E-state index is 0. The predicted octanol–water partition coefficient (Wildman–Crippen LogP) is 5.41. The molecule has 0 spiro atoms. The quantitative estimate of drug-likeness (QED) is 0.450. The summed E-state index contributed by atoms with van der Waals surface area (Å²) in [4.78, 5) is 2.34. The molecule has 5 heteroatoms. The molecule has 1 nitrogen and oxygen atoms in total. The molecular formula is C19H24Cl3HfN. The van der Waals surface area contributed by atoms with Gasteiger partial charge in [0.05, 0.1) is 0 Å². The minimum Gasteiger partial charge on any atom is -0.147 e. The van der Waals surface area contributed by atoms with Gasteiger partial charge < -0.3 is 0 Å². The summed E-state index contributed by atoms with van der Waals surface area (Å²) < 4.78 is 1.51. The maximum absolute atomic E-state index is 2.46. The fourth-order valence-corrected chi connectivity index (χ4v) is 9.88. The summed E-state index contributed by atoms with van der Waals surface area (Å²) in [5.41, 5.74) is 4.54. The average Bonchev–Trinajstić information content (AvgIpc) is 2.90. The van der Waals surface area contributed by atoms with Crippen LogP contribution in [0.25, 0.3) is 6.08 Å². The second-order valence-electron chi connectivity index (χ2n) is 5.86. The maximum Gasteiger partial charge on any atom is -0.147 e. The van der Waals surface area contributed by atoms with Crippen LogP contribution in [-0.4, -0.2) is 25.5 Å². The number of nitrogens with zero attached hydrogens (tertiary/aromatic N) is 1. The molecule has 0 fully saturated rings. The van der Waals surface area contributed by atoms with Gasteiger partial charge in [0.2, 0.25) is 0 Å². The van der Waals surface area contributed by atoms with E-state index in [0.29, 0.717) is 0 Å². The van der Waals surface area contributed by atoms with Crippen LogP contribution in [0.5, 0.6) is 0 Å². The van der Waals surface area contributed by atoms with Gasteiger partial charge in [-0.05, 0) is 0 Å². The van der Waals surface area contributed by atoms with Crippen molar-refractivity contribution in [2.45, 2.75) is 7.35 Å². The maximum atomic E-state index is 2.46.